The number of nitriles is 1. The number of rotatable bonds is 4. The zero-order chi connectivity index (χ0) is 13.1. The molecule has 0 amide bonds. The SMILES string of the molecule is N#Cc1nnn(CCN2CCCC2)c1C1CCCO1. The zero-order valence-electron chi connectivity index (χ0n) is 11.1. The van der Waals surface area contributed by atoms with Crippen LogP contribution in [0.2, 0.25) is 0 Å². The Labute approximate surface area is 112 Å². The second-order valence-electron chi connectivity index (χ2n) is 5.21. The third-order valence-electron chi connectivity index (χ3n) is 3.94. The van der Waals surface area contributed by atoms with Gasteiger partial charge in [-0.05, 0) is 38.8 Å². The summed E-state index contributed by atoms with van der Waals surface area (Å²) in [6, 6.07) is 2.13. The predicted octanol–water partition coefficient (Wildman–Crippen LogP) is 1.10. The van der Waals surface area contributed by atoms with Crippen molar-refractivity contribution in [1.29, 1.82) is 5.26 Å². The van der Waals surface area contributed by atoms with Crippen LogP contribution >= 0.6 is 0 Å². The standard InChI is InChI=1S/C13H19N5O/c14-10-11-13(12-4-3-9-19-12)18(16-15-11)8-7-17-5-1-2-6-17/h12H,1-9H2. The normalized spacial score (nSPS) is 23.8. The van der Waals surface area contributed by atoms with E-state index in [0.717, 1.165) is 38.2 Å². The molecular weight excluding hydrogens is 242 g/mol. The molecule has 0 spiro atoms. The van der Waals surface area contributed by atoms with Crippen LogP contribution in [0.5, 0.6) is 0 Å². The molecule has 2 saturated heterocycles. The molecule has 1 unspecified atom stereocenters. The van der Waals surface area contributed by atoms with Crippen molar-refractivity contribution in [2.75, 3.05) is 26.2 Å². The topological polar surface area (TPSA) is 67.0 Å². The quantitative estimate of drug-likeness (QED) is 0.812. The van der Waals surface area contributed by atoms with Crippen molar-refractivity contribution in [3.63, 3.8) is 0 Å². The molecule has 19 heavy (non-hydrogen) atoms. The van der Waals surface area contributed by atoms with Crippen LogP contribution in [0.4, 0.5) is 0 Å². The van der Waals surface area contributed by atoms with Crippen LogP contribution in [0.1, 0.15) is 43.2 Å². The third kappa shape index (κ3) is 2.62. The van der Waals surface area contributed by atoms with Gasteiger partial charge >= 0.3 is 0 Å². The van der Waals surface area contributed by atoms with E-state index in [1.54, 1.807) is 0 Å². The van der Waals surface area contributed by atoms with E-state index in [0.29, 0.717) is 5.69 Å². The van der Waals surface area contributed by atoms with Crippen LogP contribution in [0.15, 0.2) is 0 Å². The molecule has 0 aliphatic carbocycles. The van der Waals surface area contributed by atoms with Crippen molar-refractivity contribution >= 4 is 0 Å². The minimum atomic E-state index is 0.00299. The molecule has 0 radical (unpaired) electrons. The third-order valence-corrected chi connectivity index (χ3v) is 3.94. The van der Waals surface area contributed by atoms with E-state index in [9.17, 15) is 0 Å². The molecule has 1 atom stereocenters. The monoisotopic (exact) mass is 261 g/mol. The second kappa shape index (κ2) is 5.68. The summed E-state index contributed by atoms with van der Waals surface area (Å²) in [7, 11) is 0. The Hall–Kier alpha value is -1.45. The Morgan fingerprint density at radius 2 is 2.11 bits per heavy atom. The minimum Gasteiger partial charge on any atom is -0.372 e. The summed E-state index contributed by atoms with van der Waals surface area (Å²) < 4.78 is 7.55. The van der Waals surface area contributed by atoms with E-state index >= 15 is 0 Å². The van der Waals surface area contributed by atoms with E-state index < -0.39 is 0 Å². The highest BCUT2D eigenvalue weighted by atomic mass is 16.5. The summed E-state index contributed by atoms with van der Waals surface area (Å²) in [5, 5.41) is 17.2. The first-order valence-electron chi connectivity index (χ1n) is 7.06. The van der Waals surface area contributed by atoms with Crippen LogP contribution in [-0.4, -0.2) is 46.1 Å². The van der Waals surface area contributed by atoms with E-state index in [2.05, 4.69) is 21.3 Å². The van der Waals surface area contributed by atoms with Crippen LogP contribution in [0, 0.1) is 11.3 Å². The maximum absolute atomic E-state index is 9.14. The summed E-state index contributed by atoms with van der Waals surface area (Å²) in [6.07, 6.45) is 4.60. The molecule has 0 aromatic carbocycles. The van der Waals surface area contributed by atoms with Gasteiger partial charge in [0, 0.05) is 13.2 Å². The van der Waals surface area contributed by atoms with Crippen molar-refractivity contribution in [3.05, 3.63) is 11.4 Å². The molecule has 1 aromatic heterocycles. The van der Waals surface area contributed by atoms with Gasteiger partial charge in [-0.1, -0.05) is 5.21 Å². The summed E-state index contributed by atoms with van der Waals surface area (Å²) in [4.78, 5) is 2.44. The second-order valence-corrected chi connectivity index (χ2v) is 5.21. The van der Waals surface area contributed by atoms with Crippen molar-refractivity contribution in [3.8, 4) is 6.07 Å². The molecule has 2 aliphatic heterocycles. The lowest BCUT2D eigenvalue weighted by Gasteiger charge is -2.16. The molecule has 3 rings (SSSR count). The van der Waals surface area contributed by atoms with E-state index in [1.807, 2.05) is 4.68 Å². The molecular formula is C13H19N5O. The predicted molar refractivity (Wildman–Crippen MR) is 68.3 cm³/mol. The average molecular weight is 261 g/mol. The average Bonchev–Trinajstić information content (AvgIpc) is 3.16. The fourth-order valence-corrected chi connectivity index (χ4v) is 2.92. The van der Waals surface area contributed by atoms with Crippen LogP contribution in [0.3, 0.4) is 0 Å². The first-order chi connectivity index (χ1) is 9.38. The molecule has 2 aliphatic rings. The molecule has 102 valence electrons. The van der Waals surface area contributed by atoms with E-state index in [1.165, 1.54) is 25.9 Å². The van der Waals surface area contributed by atoms with Gasteiger partial charge in [-0.25, -0.2) is 4.68 Å². The number of hydrogen-bond donors (Lipinski definition) is 0. The fourth-order valence-electron chi connectivity index (χ4n) is 2.92. The molecule has 6 heteroatoms. The number of aromatic nitrogens is 3. The zero-order valence-corrected chi connectivity index (χ0v) is 11.1. The fraction of sp³-hybridized carbons (Fsp3) is 0.769. The number of nitrogens with zero attached hydrogens (tertiary/aromatic N) is 5. The lowest BCUT2D eigenvalue weighted by molar-refractivity contribution is 0.103. The maximum Gasteiger partial charge on any atom is 0.188 e. The Balaban J connectivity index is 1.72. The number of likely N-dealkylation sites (tertiary alicyclic amines) is 1. The van der Waals surface area contributed by atoms with Gasteiger partial charge in [0.05, 0.1) is 6.54 Å². The Kier molecular flexibility index (Phi) is 3.76. The minimum absolute atomic E-state index is 0.00299. The highest BCUT2D eigenvalue weighted by Crippen LogP contribution is 2.29. The smallest absolute Gasteiger partial charge is 0.188 e. The van der Waals surface area contributed by atoms with Crippen molar-refractivity contribution < 1.29 is 4.74 Å². The van der Waals surface area contributed by atoms with Gasteiger partial charge < -0.3 is 9.64 Å². The Morgan fingerprint density at radius 3 is 2.79 bits per heavy atom. The summed E-state index contributed by atoms with van der Waals surface area (Å²) in [5.41, 5.74) is 1.30. The van der Waals surface area contributed by atoms with Crippen LogP contribution < -0.4 is 0 Å². The number of ether oxygens (including phenoxy) is 1. The van der Waals surface area contributed by atoms with Crippen LogP contribution in [-0.2, 0) is 11.3 Å². The van der Waals surface area contributed by atoms with Gasteiger partial charge in [-0.15, -0.1) is 5.10 Å². The largest absolute Gasteiger partial charge is 0.372 e. The van der Waals surface area contributed by atoms with Crippen molar-refractivity contribution in [2.45, 2.75) is 38.3 Å². The first kappa shape index (κ1) is 12.6. The molecule has 0 saturated carbocycles. The molecule has 6 nitrogen and oxygen atoms in total. The van der Waals surface area contributed by atoms with Gasteiger partial charge in [0.15, 0.2) is 5.69 Å². The molecule has 1 aromatic rings. The molecule has 0 N–H and O–H groups in total. The van der Waals surface area contributed by atoms with Gasteiger partial charge in [-0.3, -0.25) is 0 Å². The lowest BCUT2D eigenvalue weighted by atomic mass is 10.1. The Morgan fingerprint density at radius 1 is 1.26 bits per heavy atom. The highest BCUT2D eigenvalue weighted by molar-refractivity contribution is 5.27. The summed E-state index contributed by atoms with van der Waals surface area (Å²) >= 11 is 0. The molecule has 3 heterocycles. The maximum atomic E-state index is 9.14. The summed E-state index contributed by atoms with van der Waals surface area (Å²) in [6.45, 7) is 4.90. The van der Waals surface area contributed by atoms with Gasteiger partial charge in [-0.2, -0.15) is 5.26 Å². The molecule has 0 bridgehead atoms. The highest BCUT2D eigenvalue weighted by Gasteiger charge is 2.26. The first-order valence-corrected chi connectivity index (χ1v) is 7.06. The Bertz CT molecular complexity index is 466. The van der Waals surface area contributed by atoms with Gasteiger partial charge in [0.25, 0.3) is 0 Å². The van der Waals surface area contributed by atoms with Crippen molar-refractivity contribution in [2.24, 2.45) is 0 Å². The van der Waals surface area contributed by atoms with Gasteiger partial charge in [0.1, 0.15) is 17.9 Å². The van der Waals surface area contributed by atoms with Crippen LogP contribution in [0.25, 0.3) is 0 Å². The lowest BCUT2D eigenvalue weighted by Crippen LogP contribution is -2.25. The van der Waals surface area contributed by atoms with E-state index in [4.69, 9.17) is 10.00 Å². The van der Waals surface area contributed by atoms with E-state index in [-0.39, 0.29) is 6.10 Å². The summed E-state index contributed by atoms with van der Waals surface area (Å²) in [5.74, 6) is 0. The number of hydrogen-bond acceptors (Lipinski definition) is 5. The van der Waals surface area contributed by atoms with Gasteiger partial charge in [0.2, 0.25) is 0 Å². The molecule has 2 fully saturated rings. The van der Waals surface area contributed by atoms with Crippen molar-refractivity contribution in [1.82, 2.24) is 19.9 Å².